The lowest BCUT2D eigenvalue weighted by atomic mass is 10.0. The molecule has 24 heavy (non-hydrogen) atoms. The Hall–Kier alpha value is -3.21. The van der Waals surface area contributed by atoms with Crippen molar-refractivity contribution in [3.05, 3.63) is 67.4 Å². The Morgan fingerprint density at radius 2 is 2.04 bits per heavy atom. The van der Waals surface area contributed by atoms with Crippen molar-refractivity contribution in [3.63, 3.8) is 0 Å². The zero-order valence-corrected chi connectivity index (χ0v) is 13.3. The minimum atomic E-state index is 0.642. The molecule has 0 atom stereocenters. The van der Waals surface area contributed by atoms with Gasteiger partial charge in [-0.2, -0.15) is 5.10 Å². The summed E-state index contributed by atoms with van der Waals surface area (Å²) in [6.45, 7) is 2.62. The lowest BCUT2D eigenvalue weighted by molar-refractivity contribution is 0.340. The van der Waals surface area contributed by atoms with Gasteiger partial charge in [0.2, 0.25) is 0 Å². The lowest BCUT2D eigenvalue weighted by Crippen LogP contribution is -1.93. The molecule has 0 aliphatic heterocycles. The van der Waals surface area contributed by atoms with Crippen molar-refractivity contribution in [1.29, 1.82) is 0 Å². The molecule has 0 N–H and O–H groups in total. The van der Waals surface area contributed by atoms with E-state index in [2.05, 4.69) is 15.1 Å². The smallest absolute Gasteiger partial charge is 0.121 e. The summed E-state index contributed by atoms with van der Waals surface area (Å²) in [6.07, 6.45) is 9.21. The highest BCUT2D eigenvalue weighted by molar-refractivity contribution is 5.94. The van der Waals surface area contributed by atoms with Crippen LogP contribution < -0.4 is 4.74 Å². The number of hydrogen-bond donors (Lipinski definition) is 0. The molecule has 0 aliphatic carbocycles. The Bertz CT molecular complexity index is 979. The number of pyridine rings is 2. The van der Waals surface area contributed by atoms with Crippen LogP contribution in [0.3, 0.4) is 0 Å². The molecule has 0 aliphatic rings. The fourth-order valence-electron chi connectivity index (χ4n) is 2.73. The fourth-order valence-corrected chi connectivity index (χ4v) is 2.73. The van der Waals surface area contributed by atoms with Crippen LogP contribution in [-0.4, -0.2) is 26.4 Å². The Labute approximate surface area is 139 Å². The molecule has 0 saturated heterocycles. The largest absolute Gasteiger partial charge is 0.494 e. The molecule has 0 amide bonds. The van der Waals surface area contributed by atoms with Crippen LogP contribution in [0.15, 0.2) is 67.4 Å². The molecule has 118 valence electrons. The summed E-state index contributed by atoms with van der Waals surface area (Å²) in [6, 6.07) is 11.9. The van der Waals surface area contributed by atoms with Crippen molar-refractivity contribution in [2.24, 2.45) is 0 Å². The van der Waals surface area contributed by atoms with Crippen molar-refractivity contribution < 1.29 is 4.74 Å². The van der Waals surface area contributed by atoms with Gasteiger partial charge in [0, 0.05) is 35.6 Å². The van der Waals surface area contributed by atoms with Gasteiger partial charge >= 0.3 is 0 Å². The summed E-state index contributed by atoms with van der Waals surface area (Å²) in [5.41, 5.74) is 3.97. The molecule has 0 bridgehead atoms. The molecule has 3 aromatic heterocycles. The van der Waals surface area contributed by atoms with Crippen LogP contribution in [0.1, 0.15) is 6.92 Å². The first-order chi connectivity index (χ1) is 11.8. The Kier molecular flexibility index (Phi) is 3.67. The summed E-state index contributed by atoms with van der Waals surface area (Å²) in [5.74, 6) is 0.834. The van der Waals surface area contributed by atoms with Crippen LogP contribution in [-0.2, 0) is 0 Å². The quantitative estimate of drug-likeness (QED) is 0.573. The van der Waals surface area contributed by atoms with E-state index in [9.17, 15) is 0 Å². The minimum absolute atomic E-state index is 0.642. The van der Waals surface area contributed by atoms with Crippen LogP contribution in [0.25, 0.3) is 27.7 Å². The van der Waals surface area contributed by atoms with Crippen LogP contribution in [0, 0.1) is 0 Å². The molecular formula is C19H16N4O. The van der Waals surface area contributed by atoms with Gasteiger partial charge in [-0.1, -0.05) is 0 Å². The summed E-state index contributed by atoms with van der Waals surface area (Å²) >= 11 is 0. The van der Waals surface area contributed by atoms with Crippen LogP contribution in [0.2, 0.25) is 0 Å². The minimum Gasteiger partial charge on any atom is -0.494 e. The maximum absolute atomic E-state index is 5.56. The first-order valence-electron chi connectivity index (χ1n) is 7.82. The molecular weight excluding hydrogens is 300 g/mol. The zero-order chi connectivity index (χ0) is 16.4. The van der Waals surface area contributed by atoms with Gasteiger partial charge in [-0.05, 0) is 42.8 Å². The molecule has 0 unspecified atom stereocenters. The lowest BCUT2D eigenvalue weighted by Gasteiger charge is -2.07. The van der Waals surface area contributed by atoms with Crippen molar-refractivity contribution in [1.82, 2.24) is 19.7 Å². The molecule has 5 heteroatoms. The van der Waals surface area contributed by atoms with E-state index >= 15 is 0 Å². The van der Waals surface area contributed by atoms with Crippen LogP contribution >= 0.6 is 0 Å². The SMILES string of the molecule is CCOc1ccc2c(-c3cnn(-c4cccnc4)c3)ccnc2c1. The van der Waals surface area contributed by atoms with Crippen LogP contribution in [0.4, 0.5) is 0 Å². The topological polar surface area (TPSA) is 52.8 Å². The summed E-state index contributed by atoms with van der Waals surface area (Å²) in [7, 11) is 0. The summed E-state index contributed by atoms with van der Waals surface area (Å²) in [5, 5.41) is 5.52. The van der Waals surface area contributed by atoms with Gasteiger partial charge in [0.25, 0.3) is 0 Å². The number of hydrogen-bond acceptors (Lipinski definition) is 4. The molecule has 3 heterocycles. The normalized spacial score (nSPS) is 10.9. The van der Waals surface area contributed by atoms with Gasteiger partial charge in [0.1, 0.15) is 5.75 Å². The van der Waals surface area contributed by atoms with Gasteiger partial charge < -0.3 is 4.74 Å². The van der Waals surface area contributed by atoms with E-state index in [-0.39, 0.29) is 0 Å². The van der Waals surface area contributed by atoms with Crippen LogP contribution in [0.5, 0.6) is 5.75 Å². The van der Waals surface area contributed by atoms with E-state index in [1.54, 1.807) is 12.4 Å². The van der Waals surface area contributed by atoms with E-state index < -0.39 is 0 Å². The van der Waals surface area contributed by atoms with Gasteiger partial charge in [-0.3, -0.25) is 9.97 Å². The number of fused-ring (bicyclic) bond motifs is 1. The van der Waals surface area contributed by atoms with Crippen molar-refractivity contribution in [2.45, 2.75) is 6.92 Å². The number of rotatable bonds is 4. The summed E-state index contributed by atoms with van der Waals surface area (Å²) in [4.78, 5) is 8.59. The second kappa shape index (κ2) is 6.12. The standard InChI is InChI=1S/C19H16N4O/c1-2-24-16-5-6-18-17(7-9-21-19(18)10-16)14-11-22-23(13-14)15-4-3-8-20-12-15/h3-13H,2H2,1H3. The molecule has 0 saturated carbocycles. The zero-order valence-electron chi connectivity index (χ0n) is 13.3. The van der Waals surface area contributed by atoms with E-state index in [4.69, 9.17) is 4.74 Å². The van der Waals surface area contributed by atoms with Gasteiger partial charge in [0.05, 0.1) is 30.2 Å². The van der Waals surface area contributed by atoms with Crippen molar-refractivity contribution in [2.75, 3.05) is 6.61 Å². The van der Waals surface area contributed by atoms with E-state index in [0.717, 1.165) is 33.5 Å². The Balaban J connectivity index is 1.78. The third-order valence-corrected chi connectivity index (χ3v) is 3.83. The van der Waals surface area contributed by atoms with Gasteiger partial charge in [-0.15, -0.1) is 0 Å². The first-order valence-corrected chi connectivity index (χ1v) is 7.82. The predicted molar refractivity (Wildman–Crippen MR) is 93.3 cm³/mol. The Morgan fingerprint density at radius 1 is 1.08 bits per heavy atom. The monoisotopic (exact) mass is 316 g/mol. The molecule has 1 aromatic carbocycles. The van der Waals surface area contributed by atoms with E-state index in [0.29, 0.717) is 6.61 Å². The molecule has 4 aromatic rings. The molecule has 0 radical (unpaired) electrons. The number of nitrogens with zero attached hydrogens (tertiary/aromatic N) is 4. The maximum Gasteiger partial charge on any atom is 0.121 e. The number of aromatic nitrogens is 4. The Morgan fingerprint density at radius 3 is 2.88 bits per heavy atom. The van der Waals surface area contributed by atoms with E-state index in [1.807, 2.05) is 66.6 Å². The first kappa shape index (κ1) is 14.4. The highest BCUT2D eigenvalue weighted by atomic mass is 16.5. The van der Waals surface area contributed by atoms with Gasteiger partial charge in [-0.25, -0.2) is 4.68 Å². The molecule has 4 rings (SSSR count). The van der Waals surface area contributed by atoms with E-state index in [1.165, 1.54) is 0 Å². The van der Waals surface area contributed by atoms with Crippen molar-refractivity contribution in [3.8, 4) is 22.6 Å². The second-order valence-corrected chi connectivity index (χ2v) is 5.36. The number of ether oxygens (including phenoxy) is 1. The van der Waals surface area contributed by atoms with Crippen molar-refractivity contribution >= 4 is 10.9 Å². The summed E-state index contributed by atoms with van der Waals surface area (Å²) < 4.78 is 7.38. The molecule has 5 nitrogen and oxygen atoms in total. The highest BCUT2D eigenvalue weighted by Crippen LogP contribution is 2.29. The molecule has 0 spiro atoms. The highest BCUT2D eigenvalue weighted by Gasteiger charge is 2.09. The second-order valence-electron chi connectivity index (χ2n) is 5.36. The fraction of sp³-hybridized carbons (Fsp3) is 0.105. The molecule has 0 fully saturated rings. The third-order valence-electron chi connectivity index (χ3n) is 3.83. The third kappa shape index (κ3) is 2.60. The maximum atomic E-state index is 5.56. The average molecular weight is 316 g/mol. The predicted octanol–water partition coefficient (Wildman–Crippen LogP) is 3.88. The number of benzene rings is 1. The van der Waals surface area contributed by atoms with Gasteiger partial charge in [0.15, 0.2) is 0 Å². The average Bonchev–Trinajstić information content (AvgIpc) is 3.12.